The lowest BCUT2D eigenvalue weighted by Crippen LogP contribution is -2.11. The number of fused-ring (bicyclic) bond motifs is 1. The van der Waals surface area contributed by atoms with Crippen LogP contribution in [0.4, 0.5) is 17.5 Å². The fourth-order valence-electron chi connectivity index (χ4n) is 2.26. The number of anilines is 3. The Morgan fingerprint density at radius 2 is 1.73 bits per heavy atom. The van der Waals surface area contributed by atoms with Crippen LogP contribution in [0.25, 0.3) is 22.0 Å². The molecule has 0 aliphatic rings. The van der Waals surface area contributed by atoms with Crippen molar-refractivity contribution in [2.45, 2.75) is 0 Å². The zero-order valence-electron chi connectivity index (χ0n) is 11.6. The van der Waals surface area contributed by atoms with Gasteiger partial charge in [0.2, 0.25) is 12.4 Å². The molecule has 6 N–H and O–H groups in total. The Labute approximate surface area is 126 Å². The number of aromatic nitrogens is 2. The lowest BCUT2D eigenvalue weighted by molar-refractivity contribution is -0.105. The van der Waals surface area contributed by atoms with Crippen molar-refractivity contribution < 1.29 is 4.79 Å². The number of carbonyl (C=O) groups excluding carboxylic acids is 1. The molecule has 0 saturated heterocycles. The first-order chi connectivity index (χ1) is 10.7. The average Bonchev–Trinajstić information content (AvgIpc) is 2.54. The van der Waals surface area contributed by atoms with Crippen LogP contribution in [0.2, 0.25) is 0 Å². The molecule has 0 spiro atoms. The maximum Gasteiger partial charge on any atom is 0.222 e. The Morgan fingerprint density at radius 3 is 2.41 bits per heavy atom. The summed E-state index contributed by atoms with van der Waals surface area (Å²) >= 11 is 0. The van der Waals surface area contributed by atoms with Crippen molar-refractivity contribution in [3.8, 4) is 11.1 Å². The molecular formula is C15H14N6O. The Balaban J connectivity index is 2.07. The zero-order valence-corrected chi connectivity index (χ0v) is 11.6. The molecule has 0 aliphatic carbocycles. The number of nitrogens with one attached hydrogen (secondary N) is 2. The van der Waals surface area contributed by atoms with Gasteiger partial charge in [0, 0.05) is 11.1 Å². The summed E-state index contributed by atoms with van der Waals surface area (Å²) in [6.45, 7) is 0. The van der Waals surface area contributed by atoms with E-state index in [0.29, 0.717) is 17.7 Å². The highest BCUT2D eigenvalue weighted by Gasteiger charge is 2.07. The monoisotopic (exact) mass is 294 g/mol. The zero-order chi connectivity index (χ0) is 15.5. The molecule has 1 heterocycles. The lowest BCUT2D eigenvalue weighted by Gasteiger charge is -2.08. The number of nitrogens with zero attached hydrogens (tertiary/aromatic N) is 2. The number of amides is 1. The second-order valence-corrected chi connectivity index (χ2v) is 4.65. The standard InChI is InChI=1S/C15H14N6O/c16-15-19-13-6-3-10(7-12(13)14(20-15)21-17)9-1-4-11(5-2-9)18-8-22/h1-8H,17H2,(H,18,22)(H3,16,19,20,21). The number of nitrogens with two attached hydrogens (primary N) is 2. The van der Waals surface area contributed by atoms with Gasteiger partial charge in [0.25, 0.3) is 0 Å². The molecule has 1 aromatic heterocycles. The van der Waals surface area contributed by atoms with Crippen molar-refractivity contribution >= 4 is 34.8 Å². The average molecular weight is 294 g/mol. The third-order valence-electron chi connectivity index (χ3n) is 3.29. The van der Waals surface area contributed by atoms with Crippen LogP contribution in [0.1, 0.15) is 0 Å². The summed E-state index contributed by atoms with van der Waals surface area (Å²) in [5.74, 6) is 6.13. The molecule has 0 atom stereocenters. The molecule has 0 radical (unpaired) electrons. The molecule has 0 fully saturated rings. The number of hydrogen-bond acceptors (Lipinski definition) is 6. The van der Waals surface area contributed by atoms with E-state index in [1.807, 2.05) is 42.5 Å². The third kappa shape index (κ3) is 2.52. The third-order valence-corrected chi connectivity index (χ3v) is 3.29. The van der Waals surface area contributed by atoms with Crippen LogP contribution in [0.3, 0.4) is 0 Å². The van der Waals surface area contributed by atoms with Crippen LogP contribution in [0, 0.1) is 0 Å². The Morgan fingerprint density at radius 1 is 1.00 bits per heavy atom. The summed E-state index contributed by atoms with van der Waals surface area (Å²) in [7, 11) is 0. The second-order valence-electron chi connectivity index (χ2n) is 4.65. The quantitative estimate of drug-likeness (QED) is 0.330. The highest BCUT2D eigenvalue weighted by atomic mass is 16.1. The van der Waals surface area contributed by atoms with Gasteiger partial charge in [-0.25, -0.2) is 10.8 Å². The number of rotatable bonds is 4. The minimum Gasteiger partial charge on any atom is -0.368 e. The predicted molar refractivity (Wildman–Crippen MR) is 86.9 cm³/mol. The smallest absolute Gasteiger partial charge is 0.222 e. The van der Waals surface area contributed by atoms with Crippen molar-refractivity contribution in [2.24, 2.45) is 5.84 Å². The van der Waals surface area contributed by atoms with Crippen molar-refractivity contribution in [1.82, 2.24) is 9.97 Å². The maximum atomic E-state index is 10.4. The van der Waals surface area contributed by atoms with Crippen molar-refractivity contribution in [2.75, 3.05) is 16.5 Å². The van der Waals surface area contributed by atoms with E-state index in [-0.39, 0.29) is 5.95 Å². The fraction of sp³-hybridized carbons (Fsp3) is 0. The van der Waals surface area contributed by atoms with Gasteiger partial charge in [-0.3, -0.25) is 4.79 Å². The van der Waals surface area contributed by atoms with E-state index in [1.165, 1.54) is 0 Å². The van der Waals surface area contributed by atoms with Gasteiger partial charge in [-0.15, -0.1) is 0 Å². The summed E-state index contributed by atoms with van der Waals surface area (Å²) in [6.07, 6.45) is 0.645. The Kier molecular flexibility index (Phi) is 3.55. The first kappa shape index (κ1) is 13.8. The van der Waals surface area contributed by atoms with Gasteiger partial charge in [0.15, 0.2) is 5.82 Å². The van der Waals surface area contributed by atoms with Gasteiger partial charge in [0.05, 0.1) is 5.52 Å². The highest BCUT2D eigenvalue weighted by molar-refractivity contribution is 5.93. The molecule has 0 saturated carbocycles. The van der Waals surface area contributed by atoms with Crippen LogP contribution in [0.15, 0.2) is 42.5 Å². The van der Waals surface area contributed by atoms with E-state index < -0.39 is 0 Å². The normalized spacial score (nSPS) is 10.4. The number of hydrogen-bond donors (Lipinski definition) is 4. The number of carbonyl (C=O) groups is 1. The van der Waals surface area contributed by atoms with Gasteiger partial charge >= 0.3 is 0 Å². The predicted octanol–water partition coefficient (Wildman–Crippen LogP) is 1.73. The van der Waals surface area contributed by atoms with E-state index in [1.54, 1.807) is 0 Å². The molecule has 0 unspecified atom stereocenters. The van der Waals surface area contributed by atoms with Crippen molar-refractivity contribution in [1.29, 1.82) is 0 Å². The van der Waals surface area contributed by atoms with Crippen LogP contribution >= 0.6 is 0 Å². The van der Waals surface area contributed by atoms with Gasteiger partial charge in [0.1, 0.15) is 0 Å². The number of benzene rings is 2. The topological polar surface area (TPSA) is 119 Å². The number of nitrogen functional groups attached to an aromatic ring is 2. The molecule has 3 aromatic rings. The van der Waals surface area contributed by atoms with Crippen LogP contribution in [-0.4, -0.2) is 16.4 Å². The highest BCUT2D eigenvalue weighted by Crippen LogP contribution is 2.28. The van der Waals surface area contributed by atoms with Gasteiger partial charge < -0.3 is 16.5 Å². The van der Waals surface area contributed by atoms with E-state index >= 15 is 0 Å². The number of hydrazine groups is 1. The summed E-state index contributed by atoms with van der Waals surface area (Å²) < 4.78 is 0. The Hall–Kier alpha value is -3.19. The minimum absolute atomic E-state index is 0.164. The van der Waals surface area contributed by atoms with Crippen LogP contribution in [-0.2, 0) is 4.79 Å². The molecule has 0 aliphatic heterocycles. The van der Waals surface area contributed by atoms with Crippen molar-refractivity contribution in [3.05, 3.63) is 42.5 Å². The SMILES string of the molecule is NNc1nc(N)nc2ccc(-c3ccc(NC=O)cc3)cc12. The molecule has 1 amide bonds. The molecule has 7 nitrogen and oxygen atoms in total. The first-order valence-electron chi connectivity index (χ1n) is 6.56. The summed E-state index contributed by atoms with van der Waals surface area (Å²) in [4.78, 5) is 18.7. The molecule has 0 bridgehead atoms. The maximum absolute atomic E-state index is 10.4. The van der Waals surface area contributed by atoms with E-state index in [4.69, 9.17) is 11.6 Å². The van der Waals surface area contributed by atoms with Crippen molar-refractivity contribution in [3.63, 3.8) is 0 Å². The fourth-order valence-corrected chi connectivity index (χ4v) is 2.26. The molecular weight excluding hydrogens is 280 g/mol. The molecule has 7 heteroatoms. The van der Waals surface area contributed by atoms with Gasteiger partial charge in [-0.05, 0) is 35.4 Å². The van der Waals surface area contributed by atoms with E-state index in [0.717, 1.165) is 22.2 Å². The summed E-state index contributed by atoms with van der Waals surface area (Å²) in [5.41, 5.74) is 11.6. The van der Waals surface area contributed by atoms with Gasteiger partial charge in [-0.2, -0.15) is 4.98 Å². The first-order valence-corrected chi connectivity index (χ1v) is 6.56. The molecule has 2 aromatic carbocycles. The van der Waals surface area contributed by atoms with Gasteiger partial charge in [-0.1, -0.05) is 18.2 Å². The lowest BCUT2D eigenvalue weighted by atomic mass is 10.0. The van der Waals surface area contributed by atoms with Crippen LogP contribution < -0.4 is 22.3 Å². The van der Waals surface area contributed by atoms with E-state index in [2.05, 4.69) is 20.7 Å². The second kappa shape index (κ2) is 5.66. The molecule has 110 valence electrons. The summed E-state index contributed by atoms with van der Waals surface area (Å²) in [5, 5.41) is 3.38. The van der Waals surface area contributed by atoms with E-state index in [9.17, 15) is 4.79 Å². The summed E-state index contributed by atoms with van der Waals surface area (Å²) in [6, 6.07) is 13.2. The van der Waals surface area contributed by atoms with Crippen LogP contribution in [0.5, 0.6) is 0 Å². The molecule has 22 heavy (non-hydrogen) atoms. The molecule has 3 rings (SSSR count). The largest absolute Gasteiger partial charge is 0.368 e. The Bertz CT molecular complexity index is 831. The minimum atomic E-state index is 0.164.